The second-order valence-corrected chi connectivity index (χ2v) is 9.38. The first kappa shape index (κ1) is 26.8. The predicted molar refractivity (Wildman–Crippen MR) is 114 cm³/mol. The molecule has 0 aromatic rings. The molecule has 0 aliphatic heterocycles. The number of aliphatic hydroxyl groups is 2. The van der Waals surface area contributed by atoms with E-state index < -0.39 is 0 Å². The Hall–Kier alpha value is -0.160. The lowest BCUT2D eigenvalue weighted by atomic mass is 9.80. The lowest BCUT2D eigenvalue weighted by molar-refractivity contribution is -0.0784. The maximum atomic E-state index is 9.96. The number of ether oxygens (including phenoxy) is 2. The molecule has 0 radical (unpaired) electrons. The summed E-state index contributed by atoms with van der Waals surface area (Å²) in [5.41, 5.74) is -0.305. The van der Waals surface area contributed by atoms with Crippen LogP contribution in [-0.4, -0.2) is 49.9 Å². The second kappa shape index (κ2) is 13.9. The number of hydrogen-bond acceptors (Lipinski definition) is 4. The third-order valence-corrected chi connectivity index (χ3v) is 6.10. The summed E-state index contributed by atoms with van der Waals surface area (Å²) < 4.78 is 12.3. The molecule has 0 spiro atoms. The van der Waals surface area contributed by atoms with Crippen LogP contribution in [0.4, 0.5) is 0 Å². The zero-order valence-electron chi connectivity index (χ0n) is 19.1. The van der Waals surface area contributed by atoms with E-state index in [9.17, 15) is 10.2 Å². The van der Waals surface area contributed by atoms with Gasteiger partial charge in [0.15, 0.2) is 0 Å². The van der Waals surface area contributed by atoms with Gasteiger partial charge in [0, 0.05) is 16.2 Å². The van der Waals surface area contributed by atoms with Crippen LogP contribution in [0.15, 0.2) is 0 Å². The number of rotatable bonds is 18. The average molecular weight is 389 g/mol. The summed E-state index contributed by atoms with van der Waals surface area (Å²) in [7, 11) is 0. The first-order valence-electron chi connectivity index (χ1n) is 11.2. The Morgan fingerprint density at radius 1 is 0.630 bits per heavy atom. The van der Waals surface area contributed by atoms with Crippen LogP contribution in [0.2, 0.25) is 0 Å². The lowest BCUT2D eigenvalue weighted by Crippen LogP contribution is -2.37. The minimum atomic E-state index is -0.209. The average Bonchev–Trinajstić information content (AvgIpc) is 2.68. The largest absolute Gasteiger partial charge is 0.396 e. The number of unbranched alkanes of at least 4 members (excludes halogenated alkanes) is 2. The summed E-state index contributed by atoms with van der Waals surface area (Å²) in [6.45, 7) is 15.7. The molecule has 2 N–H and O–H groups in total. The zero-order valence-corrected chi connectivity index (χ0v) is 19.1. The highest BCUT2D eigenvalue weighted by Crippen LogP contribution is 2.33. The third kappa shape index (κ3) is 10.3. The Balaban J connectivity index is 4.87. The van der Waals surface area contributed by atoms with Crippen LogP contribution in [-0.2, 0) is 9.47 Å². The lowest BCUT2D eigenvalue weighted by Gasteiger charge is -2.36. The summed E-state index contributed by atoms with van der Waals surface area (Å²) in [6.07, 6.45) is 8.67. The van der Waals surface area contributed by atoms with Gasteiger partial charge in [-0.15, -0.1) is 0 Å². The van der Waals surface area contributed by atoms with Gasteiger partial charge in [0.25, 0.3) is 0 Å². The minimum absolute atomic E-state index is 0.0151. The van der Waals surface area contributed by atoms with Crippen LogP contribution < -0.4 is 0 Å². The molecule has 0 aromatic heterocycles. The normalized spacial score (nSPS) is 16.9. The molecule has 4 heteroatoms. The molecule has 0 aliphatic rings. The molecule has 2 unspecified atom stereocenters. The summed E-state index contributed by atoms with van der Waals surface area (Å²) in [5, 5.41) is 19.4. The zero-order chi connectivity index (χ0) is 20.8. The van der Waals surface area contributed by atoms with E-state index in [4.69, 9.17) is 9.47 Å². The van der Waals surface area contributed by atoms with Crippen LogP contribution in [0.25, 0.3) is 0 Å². The summed E-state index contributed by atoms with van der Waals surface area (Å²) in [5.74, 6) is 0. The summed E-state index contributed by atoms with van der Waals surface area (Å²) in [4.78, 5) is 0. The van der Waals surface area contributed by atoms with Gasteiger partial charge in [-0.05, 0) is 25.7 Å². The van der Waals surface area contributed by atoms with Crippen molar-refractivity contribution in [3.63, 3.8) is 0 Å². The van der Waals surface area contributed by atoms with Crippen LogP contribution in [0.3, 0.4) is 0 Å². The number of aliphatic hydroxyl groups excluding tert-OH is 2. The topological polar surface area (TPSA) is 58.9 Å². The molecule has 0 aromatic carbocycles. The first-order valence-corrected chi connectivity index (χ1v) is 11.2. The fourth-order valence-corrected chi connectivity index (χ4v) is 3.33. The van der Waals surface area contributed by atoms with Gasteiger partial charge in [0.1, 0.15) is 0 Å². The highest BCUT2D eigenvalue weighted by atomic mass is 16.5. The molecule has 0 fully saturated rings. The molecule has 0 saturated heterocycles. The Morgan fingerprint density at radius 2 is 1.07 bits per heavy atom. The van der Waals surface area contributed by atoms with E-state index in [1.807, 2.05) is 13.8 Å². The van der Waals surface area contributed by atoms with Gasteiger partial charge < -0.3 is 19.7 Å². The minimum Gasteiger partial charge on any atom is -0.396 e. The third-order valence-electron chi connectivity index (χ3n) is 6.10. The first-order chi connectivity index (χ1) is 12.8. The van der Waals surface area contributed by atoms with Gasteiger partial charge >= 0.3 is 0 Å². The molecule has 0 bridgehead atoms. The van der Waals surface area contributed by atoms with Crippen LogP contribution in [0, 0.1) is 16.2 Å². The van der Waals surface area contributed by atoms with Crippen molar-refractivity contribution in [3.05, 3.63) is 0 Å². The van der Waals surface area contributed by atoms with Gasteiger partial charge in [0.2, 0.25) is 0 Å². The summed E-state index contributed by atoms with van der Waals surface area (Å²) >= 11 is 0. The van der Waals surface area contributed by atoms with Gasteiger partial charge in [-0.3, -0.25) is 0 Å². The predicted octanol–water partition coefficient (Wildman–Crippen LogP) is 5.20. The van der Waals surface area contributed by atoms with Crippen molar-refractivity contribution in [1.29, 1.82) is 0 Å². The molecule has 0 saturated carbocycles. The van der Waals surface area contributed by atoms with E-state index in [1.54, 1.807) is 0 Å². The molecule has 0 heterocycles. The molecule has 0 rings (SSSR count). The standard InChI is InChI=1S/C23H48O4/c1-7-11-13-22(9-3,16-25)18-27-20-23(10-4,14-12-8-2)19-26-17-21(5,6)15-24/h24-25H,7-20H2,1-6H3. The van der Waals surface area contributed by atoms with Gasteiger partial charge in [-0.25, -0.2) is 0 Å². The van der Waals surface area contributed by atoms with Crippen molar-refractivity contribution >= 4 is 0 Å². The van der Waals surface area contributed by atoms with E-state index in [2.05, 4.69) is 27.7 Å². The molecule has 164 valence electrons. The quantitative estimate of drug-likeness (QED) is 0.339. The van der Waals surface area contributed by atoms with E-state index in [1.165, 1.54) is 6.42 Å². The van der Waals surface area contributed by atoms with Gasteiger partial charge in [-0.2, -0.15) is 0 Å². The van der Waals surface area contributed by atoms with E-state index >= 15 is 0 Å². The molecular formula is C23H48O4. The molecule has 4 nitrogen and oxygen atoms in total. The van der Waals surface area contributed by atoms with Crippen molar-refractivity contribution in [2.75, 3.05) is 39.6 Å². The Bertz CT molecular complexity index is 352. The maximum absolute atomic E-state index is 9.96. The molecule has 2 atom stereocenters. The number of hydrogen-bond donors (Lipinski definition) is 2. The highest BCUT2D eigenvalue weighted by molar-refractivity contribution is 4.81. The highest BCUT2D eigenvalue weighted by Gasteiger charge is 2.32. The van der Waals surface area contributed by atoms with E-state index in [0.29, 0.717) is 26.4 Å². The summed E-state index contributed by atoms with van der Waals surface area (Å²) in [6, 6.07) is 0. The van der Waals surface area contributed by atoms with E-state index in [-0.39, 0.29) is 29.5 Å². The van der Waals surface area contributed by atoms with Crippen molar-refractivity contribution in [2.24, 2.45) is 16.2 Å². The monoisotopic (exact) mass is 388 g/mol. The Kier molecular flexibility index (Phi) is 13.8. The van der Waals surface area contributed by atoms with Crippen LogP contribution in [0.1, 0.15) is 92.9 Å². The molecule has 27 heavy (non-hydrogen) atoms. The van der Waals surface area contributed by atoms with Gasteiger partial charge in [-0.1, -0.05) is 67.2 Å². The fourth-order valence-electron chi connectivity index (χ4n) is 3.33. The van der Waals surface area contributed by atoms with Gasteiger partial charge in [0.05, 0.1) is 39.6 Å². The smallest absolute Gasteiger partial charge is 0.0544 e. The second-order valence-electron chi connectivity index (χ2n) is 9.38. The van der Waals surface area contributed by atoms with Crippen LogP contribution in [0.5, 0.6) is 0 Å². The van der Waals surface area contributed by atoms with Crippen molar-refractivity contribution in [2.45, 2.75) is 92.9 Å². The van der Waals surface area contributed by atoms with Crippen LogP contribution >= 0.6 is 0 Å². The maximum Gasteiger partial charge on any atom is 0.0544 e. The van der Waals surface area contributed by atoms with E-state index in [0.717, 1.165) is 44.9 Å². The molecular weight excluding hydrogens is 340 g/mol. The van der Waals surface area contributed by atoms with Crippen molar-refractivity contribution < 1.29 is 19.7 Å². The Morgan fingerprint density at radius 3 is 1.48 bits per heavy atom. The fraction of sp³-hybridized carbons (Fsp3) is 1.00. The SMILES string of the molecule is CCCCC(CC)(CO)COCC(CC)(CCCC)COCC(C)(C)CO. The van der Waals surface area contributed by atoms with Crippen molar-refractivity contribution in [1.82, 2.24) is 0 Å². The van der Waals surface area contributed by atoms with Crippen molar-refractivity contribution in [3.8, 4) is 0 Å². The molecule has 0 amide bonds. The molecule has 0 aliphatic carbocycles. The Labute approximate surface area is 169 Å².